The van der Waals surface area contributed by atoms with Gasteiger partial charge in [-0.3, -0.25) is 0 Å². The number of aliphatic carboxylic acids is 1. The number of benzene rings is 2. The van der Waals surface area contributed by atoms with Crippen molar-refractivity contribution < 1.29 is 42.0 Å². The molecule has 4 atom stereocenters. The minimum atomic E-state index is -5.08. The number of hydrogen-bond acceptors (Lipinski definition) is 6. The summed E-state index contributed by atoms with van der Waals surface area (Å²) in [6.45, 7) is 0.282. The lowest BCUT2D eigenvalue weighted by Gasteiger charge is -2.47. The van der Waals surface area contributed by atoms with Crippen molar-refractivity contribution in [1.29, 1.82) is 0 Å². The standard InChI is InChI=1S/C21H20ClFN2O3.C2HF3O2/c22-12-2-4-17(23)14(8-12)11-1-5-18-15(7-11)21(10-27-20(24)25-21)16-9-13(26)3-6-19(16)28-18;3-2(4,5)1(6)7/h1-2,4-5,7-8,13,16,19,26H,3,6,9-10H2,(H2,24,25);(H,6,7). The summed E-state index contributed by atoms with van der Waals surface area (Å²) in [6.07, 6.45) is -3.57. The molecule has 1 fully saturated rings. The fraction of sp³-hybridized carbons (Fsp3) is 0.391. The largest absolute Gasteiger partial charge is 0.490 e. The average molecular weight is 517 g/mol. The van der Waals surface area contributed by atoms with Crippen LogP contribution in [0.4, 0.5) is 17.6 Å². The van der Waals surface area contributed by atoms with Crippen molar-refractivity contribution in [2.45, 2.75) is 43.2 Å². The molecule has 35 heavy (non-hydrogen) atoms. The van der Waals surface area contributed by atoms with Gasteiger partial charge in [-0.15, -0.1) is 0 Å². The van der Waals surface area contributed by atoms with Gasteiger partial charge in [0.05, 0.1) is 6.10 Å². The lowest BCUT2D eigenvalue weighted by molar-refractivity contribution is -0.192. The molecule has 1 spiro atoms. The molecule has 4 unspecified atom stereocenters. The molecule has 5 rings (SSSR count). The van der Waals surface area contributed by atoms with Crippen LogP contribution in [0, 0.1) is 11.7 Å². The number of rotatable bonds is 1. The molecule has 188 valence electrons. The fourth-order valence-electron chi connectivity index (χ4n) is 4.76. The summed E-state index contributed by atoms with van der Waals surface area (Å²) in [6, 6.07) is 10.2. The number of ether oxygens (including phenoxy) is 2. The van der Waals surface area contributed by atoms with E-state index in [1.54, 1.807) is 6.07 Å². The summed E-state index contributed by atoms with van der Waals surface area (Å²) in [7, 11) is 0. The fourth-order valence-corrected chi connectivity index (χ4v) is 4.93. The van der Waals surface area contributed by atoms with Crippen LogP contribution in [0.1, 0.15) is 24.8 Å². The first-order chi connectivity index (χ1) is 16.4. The second-order valence-electron chi connectivity index (χ2n) is 8.53. The van der Waals surface area contributed by atoms with Crippen LogP contribution in [0.3, 0.4) is 0 Å². The van der Waals surface area contributed by atoms with Gasteiger partial charge in [0, 0.05) is 22.1 Å². The van der Waals surface area contributed by atoms with Crippen molar-refractivity contribution >= 4 is 23.6 Å². The maximum atomic E-state index is 14.4. The molecule has 2 heterocycles. The second kappa shape index (κ2) is 9.19. The van der Waals surface area contributed by atoms with Crippen molar-refractivity contribution in [1.82, 2.24) is 0 Å². The maximum absolute atomic E-state index is 14.4. The van der Waals surface area contributed by atoms with Crippen molar-refractivity contribution in [2.75, 3.05) is 6.61 Å². The molecule has 3 aliphatic rings. The SMILES string of the molecule is NC1=NC2(CO1)c1cc(-c3cc(Cl)ccc3F)ccc1OC1CCC(O)CC12.O=C(O)C(F)(F)F. The maximum Gasteiger partial charge on any atom is 0.490 e. The molecule has 0 bridgehead atoms. The van der Waals surface area contributed by atoms with E-state index in [4.69, 9.17) is 36.7 Å². The zero-order valence-electron chi connectivity index (χ0n) is 18.1. The van der Waals surface area contributed by atoms with Crippen molar-refractivity contribution in [3.05, 3.63) is 52.8 Å². The number of aliphatic hydroxyl groups is 1. The number of alkyl halides is 3. The number of aliphatic imine (C=N–C) groups is 1. The normalized spacial score (nSPS) is 26.9. The molecule has 2 aromatic carbocycles. The zero-order valence-corrected chi connectivity index (χ0v) is 18.8. The first-order valence-electron chi connectivity index (χ1n) is 10.6. The number of nitrogens with two attached hydrogens (primary N) is 1. The number of carboxylic acid groups (broad SMARTS) is 1. The van der Waals surface area contributed by atoms with Crippen LogP contribution < -0.4 is 10.5 Å². The van der Waals surface area contributed by atoms with E-state index in [0.29, 0.717) is 34.7 Å². The molecule has 0 aromatic heterocycles. The molecule has 2 aromatic rings. The molecule has 0 saturated heterocycles. The summed E-state index contributed by atoms with van der Waals surface area (Å²) in [4.78, 5) is 13.6. The second-order valence-corrected chi connectivity index (χ2v) is 8.97. The number of halogens is 5. The highest BCUT2D eigenvalue weighted by Crippen LogP contribution is 2.53. The minimum Gasteiger partial charge on any atom is -0.490 e. The quantitative estimate of drug-likeness (QED) is 0.488. The smallest absolute Gasteiger partial charge is 0.490 e. The molecule has 12 heteroatoms. The van der Waals surface area contributed by atoms with Crippen LogP contribution in [0.5, 0.6) is 5.75 Å². The Balaban J connectivity index is 0.000000364. The Hall–Kier alpha value is -3.05. The van der Waals surface area contributed by atoms with Crippen LogP contribution >= 0.6 is 11.6 Å². The Morgan fingerprint density at radius 3 is 2.54 bits per heavy atom. The summed E-state index contributed by atoms with van der Waals surface area (Å²) in [5.74, 6) is -2.48. The molecule has 2 aliphatic heterocycles. The summed E-state index contributed by atoms with van der Waals surface area (Å²) in [5, 5.41) is 17.9. The number of nitrogens with zero attached hydrogens (tertiary/aromatic N) is 1. The van der Waals surface area contributed by atoms with Gasteiger partial charge >= 0.3 is 12.1 Å². The van der Waals surface area contributed by atoms with E-state index in [-0.39, 0.29) is 30.5 Å². The minimum absolute atomic E-state index is 0.0655. The van der Waals surface area contributed by atoms with Crippen molar-refractivity contribution in [3.63, 3.8) is 0 Å². The van der Waals surface area contributed by atoms with Crippen LogP contribution in [0.15, 0.2) is 41.4 Å². The first-order valence-corrected chi connectivity index (χ1v) is 11.0. The van der Waals surface area contributed by atoms with Gasteiger partial charge < -0.3 is 25.4 Å². The van der Waals surface area contributed by atoms with E-state index in [2.05, 4.69) is 4.99 Å². The van der Waals surface area contributed by atoms with Crippen molar-refractivity contribution in [2.24, 2.45) is 16.6 Å². The van der Waals surface area contributed by atoms with E-state index in [0.717, 1.165) is 12.0 Å². The van der Waals surface area contributed by atoms with Crippen molar-refractivity contribution in [3.8, 4) is 16.9 Å². The van der Waals surface area contributed by atoms with Gasteiger partial charge in [0.2, 0.25) is 0 Å². The van der Waals surface area contributed by atoms with E-state index in [1.807, 2.05) is 18.2 Å². The number of fused-ring (bicyclic) bond motifs is 4. The Bertz CT molecular complexity index is 1180. The average Bonchev–Trinajstić information content (AvgIpc) is 3.18. The number of hydrogen-bond donors (Lipinski definition) is 3. The van der Waals surface area contributed by atoms with E-state index >= 15 is 0 Å². The number of aliphatic hydroxyl groups excluding tert-OH is 1. The Morgan fingerprint density at radius 2 is 1.91 bits per heavy atom. The van der Waals surface area contributed by atoms with E-state index in [1.165, 1.54) is 12.1 Å². The predicted octanol–water partition coefficient (Wildman–Crippen LogP) is 4.24. The van der Waals surface area contributed by atoms with E-state index in [9.17, 15) is 22.7 Å². The van der Waals surface area contributed by atoms with Gasteiger partial charge in [0.15, 0.2) is 0 Å². The predicted molar refractivity (Wildman–Crippen MR) is 118 cm³/mol. The third-order valence-electron chi connectivity index (χ3n) is 6.33. The Morgan fingerprint density at radius 1 is 1.20 bits per heavy atom. The number of carboxylic acids is 1. The third kappa shape index (κ3) is 4.87. The number of carbonyl (C=O) groups is 1. The number of amidine groups is 1. The van der Waals surface area contributed by atoms with Gasteiger partial charge in [-0.1, -0.05) is 17.7 Å². The van der Waals surface area contributed by atoms with Gasteiger partial charge in [-0.25, -0.2) is 14.2 Å². The molecular formula is C23H21ClF4N2O5. The van der Waals surface area contributed by atoms with Gasteiger partial charge in [-0.05, 0) is 55.2 Å². The van der Waals surface area contributed by atoms with E-state index < -0.39 is 23.8 Å². The highest BCUT2D eigenvalue weighted by atomic mass is 35.5. The third-order valence-corrected chi connectivity index (χ3v) is 6.56. The van der Waals surface area contributed by atoms with Crippen LogP contribution in [0.2, 0.25) is 5.02 Å². The van der Waals surface area contributed by atoms with Crippen LogP contribution in [-0.4, -0.2) is 47.2 Å². The summed E-state index contributed by atoms with van der Waals surface area (Å²) >= 11 is 6.08. The van der Waals surface area contributed by atoms with Gasteiger partial charge in [0.1, 0.15) is 29.8 Å². The molecular weight excluding hydrogens is 496 g/mol. The van der Waals surface area contributed by atoms with Gasteiger partial charge in [0.25, 0.3) is 6.02 Å². The molecule has 1 aliphatic carbocycles. The molecule has 0 radical (unpaired) electrons. The Labute approximate surface area is 202 Å². The summed E-state index contributed by atoms with van der Waals surface area (Å²) in [5.41, 5.74) is 7.05. The highest BCUT2D eigenvalue weighted by molar-refractivity contribution is 6.30. The molecule has 0 amide bonds. The molecule has 7 nitrogen and oxygen atoms in total. The first kappa shape index (κ1) is 25.1. The van der Waals surface area contributed by atoms with Crippen LogP contribution in [0.25, 0.3) is 11.1 Å². The zero-order chi connectivity index (χ0) is 25.5. The lowest BCUT2D eigenvalue weighted by atomic mass is 9.67. The summed E-state index contributed by atoms with van der Waals surface area (Å²) < 4.78 is 58.0. The lowest BCUT2D eigenvalue weighted by Crippen LogP contribution is -2.51. The monoisotopic (exact) mass is 516 g/mol. The highest BCUT2D eigenvalue weighted by Gasteiger charge is 2.55. The van der Waals surface area contributed by atoms with Crippen LogP contribution in [-0.2, 0) is 15.1 Å². The molecule has 4 N–H and O–H groups in total. The van der Waals surface area contributed by atoms with Gasteiger partial charge in [-0.2, -0.15) is 13.2 Å². The topological polar surface area (TPSA) is 114 Å². The Kier molecular flexibility index (Phi) is 6.58. The molecule has 1 saturated carbocycles.